The second-order valence-electron chi connectivity index (χ2n) is 3.74. The standard InChI is InChI=1S/C13H11ClN2O2/c1-2-18-13(17)12-6-9-4-3-8(10(14)7-15)5-11(9)16-12/h3-6,10,16H,2H2,1H3. The van der Waals surface area contributed by atoms with Crippen LogP contribution in [0.2, 0.25) is 0 Å². The first-order chi connectivity index (χ1) is 8.65. The van der Waals surface area contributed by atoms with Gasteiger partial charge in [0.05, 0.1) is 12.7 Å². The number of aromatic amines is 1. The van der Waals surface area contributed by atoms with Crippen LogP contribution in [0.5, 0.6) is 0 Å². The summed E-state index contributed by atoms with van der Waals surface area (Å²) in [7, 11) is 0. The highest BCUT2D eigenvalue weighted by molar-refractivity contribution is 6.22. The third-order valence-electron chi connectivity index (χ3n) is 2.55. The quantitative estimate of drug-likeness (QED) is 0.683. The lowest BCUT2D eigenvalue weighted by molar-refractivity contribution is 0.0520. The van der Waals surface area contributed by atoms with Crippen molar-refractivity contribution in [3.63, 3.8) is 0 Å². The highest BCUT2D eigenvalue weighted by atomic mass is 35.5. The van der Waals surface area contributed by atoms with Crippen molar-refractivity contribution in [3.05, 3.63) is 35.5 Å². The van der Waals surface area contributed by atoms with Crippen molar-refractivity contribution in [2.75, 3.05) is 6.61 Å². The lowest BCUT2D eigenvalue weighted by atomic mass is 10.1. The van der Waals surface area contributed by atoms with E-state index in [1.165, 1.54) is 0 Å². The number of ether oxygens (including phenoxy) is 1. The number of fused-ring (bicyclic) bond motifs is 1. The fourth-order valence-electron chi connectivity index (χ4n) is 1.70. The number of alkyl halides is 1. The third kappa shape index (κ3) is 2.31. The largest absolute Gasteiger partial charge is 0.461 e. The van der Waals surface area contributed by atoms with Crippen molar-refractivity contribution in [3.8, 4) is 6.07 Å². The van der Waals surface area contributed by atoms with Gasteiger partial charge in [-0.25, -0.2) is 4.79 Å². The molecule has 5 heteroatoms. The van der Waals surface area contributed by atoms with Crippen LogP contribution in [0.3, 0.4) is 0 Å². The molecule has 1 N–H and O–H groups in total. The van der Waals surface area contributed by atoms with Gasteiger partial charge < -0.3 is 9.72 Å². The van der Waals surface area contributed by atoms with Gasteiger partial charge in [-0.05, 0) is 24.6 Å². The molecule has 1 atom stereocenters. The van der Waals surface area contributed by atoms with Crippen LogP contribution in [0.15, 0.2) is 24.3 Å². The van der Waals surface area contributed by atoms with Crippen LogP contribution in [-0.2, 0) is 4.74 Å². The topological polar surface area (TPSA) is 65.9 Å². The Morgan fingerprint density at radius 1 is 1.56 bits per heavy atom. The monoisotopic (exact) mass is 262 g/mol. The normalized spacial score (nSPS) is 12.1. The summed E-state index contributed by atoms with van der Waals surface area (Å²) in [5.74, 6) is -0.391. The Hall–Kier alpha value is -1.99. The summed E-state index contributed by atoms with van der Waals surface area (Å²) in [6, 6.07) is 9.02. The summed E-state index contributed by atoms with van der Waals surface area (Å²) in [5.41, 5.74) is 1.85. The van der Waals surface area contributed by atoms with Crippen LogP contribution in [0.1, 0.15) is 28.4 Å². The Bertz CT molecular complexity index is 627. The summed E-state index contributed by atoms with van der Waals surface area (Å²) < 4.78 is 4.91. The minimum absolute atomic E-state index is 0.331. The van der Waals surface area contributed by atoms with E-state index >= 15 is 0 Å². The smallest absolute Gasteiger partial charge is 0.354 e. The van der Waals surface area contributed by atoms with Gasteiger partial charge in [-0.15, -0.1) is 11.6 Å². The van der Waals surface area contributed by atoms with Crippen LogP contribution >= 0.6 is 11.6 Å². The lowest BCUT2D eigenvalue weighted by Crippen LogP contribution is -2.04. The van der Waals surface area contributed by atoms with E-state index in [0.29, 0.717) is 17.9 Å². The first-order valence-corrected chi connectivity index (χ1v) is 5.93. The van der Waals surface area contributed by atoms with E-state index in [-0.39, 0.29) is 0 Å². The van der Waals surface area contributed by atoms with E-state index in [0.717, 1.165) is 10.9 Å². The summed E-state index contributed by atoms with van der Waals surface area (Å²) in [4.78, 5) is 14.5. The molecule has 1 unspecified atom stereocenters. The molecule has 0 fully saturated rings. The van der Waals surface area contributed by atoms with E-state index in [2.05, 4.69) is 4.98 Å². The first kappa shape index (κ1) is 12.5. The number of rotatable bonds is 3. The van der Waals surface area contributed by atoms with E-state index < -0.39 is 11.3 Å². The number of aromatic nitrogens is 1. The van der Waals surface area contributed by atoms with Crippen LogP contribution < -0.4 is 0 Å². The lowest BCUT2D eigenvalue weighted by Gasteiger charge is -2.00. The van der Waals surface area contributed by atoms with Gasteiger partial charge in [0.1, 0.15) is 11.1 Å². The van der Waals surface area contributed by atoms with Gasteiger partial charge in [0.15, 0.2) is 0 Å². The van der Waals surface area contributed by atoms with Crippen molar-refractivity contribution >= 4 is 28.5 Å². The van der Waals surface area contributed by atoms with Crippen LogP contribution in [-0.4, -0.2) is 17.6 Å². The number of H-pyrrole nitrogens is 1. The molecule has 4 nitrogen and oxygen atoms in total. The van der Waals surface area contributed by atoms with E-state index in [9.17, 15) is 4.79 Å². The maximum absolute atomic E-state index is 11.6. The summed E-state index contributed by atoms with van der Waals surface area (Å²) in [5, 5.41) is 8.94. The zero-order chi connectivity index (χ0) is 13.1. The van der Waals surface area contributed by atoms with Crippen molar-refractivity contribution in [1.82, 2.24) is 4.98 Å². The number of halogens is 1. The highest BCUT2D eigenvalue weighted by Gasteiger charge is 2.12. The van der Waals surface area contributed by atoms with Crippen LogP contribution in [0, 0.1) is 11.3 Å². The molecular weight excluding hydrogens is 252 g/mol. The summed E-state index contributed by atoms with van der Waals surface area (Å²) in [6.07, 6.45) is 0. The molecule has 0 saturated carbocycles. The highest BCUT2D eigenvalue weighted by Crippen LogP contribution is 2.24. The number of nitrogens with one attached hydrogen (secondary N) is 1. The molecule has 2 rings (SSSR count). The number of hydrogen-bond acceptors (Lipinski definition) is 3. The zero-order valence-electron chi connectivity index (χ0n) is 9.74. The average molecular weight is 263 g/mol. The molecule has 0 spiro atoms. The Morgan fingerprint density at radius 3 is 3.00 bits per heavy atom. The molecule has 0 saturated heterocycles. The molecule has 2 aromatic rings. The number of benzene rings is 1. The van der Waals surface area contributed by atoms with Gasteiger partial charge in [-0.1, -0.05) is 12.1 Å². The minimum Gasteiger partial charge on any atom is -0.461 e. The van der Waals surface area contributed by atoms with Crippen LogP contribution in [0.25, 0.3) is 10.9 Å². The van der Waals surface area contributed by atoms with Crippen LogP contribution in [0.4, 0.5) is 0 Å². The molecule has 0 bridgehead atoms. The van der Waals surface area contributed by atoms with Gasteiger partial charge in [0.25, 0.3) is 0 Å². The fraction of sp³-hybridized carbons (Fsp3) is 0.231. The average Bonchev–Trinajstić information content (AvgIpc) is 2.80. The molecule has 1 aromatic carbocycles. The van der Waals surface area contributed by atoms with Gasteiger partial charge in [0.2, 0.25) is 0 Å². The minimum atomic E-state index is -0.691. The number of hydrogen-bond donors (Lipinski definition) is 1. The van der Waals surface area contributed by atoms with Gasteiger partial charge >= 0.3 is 5.97 Å². The molecule has 18 heavy (non-hydrogen) atoms. The molecule has 0 aliphatic carbocycles. The molecule has 0 aliphatic heterocycles. The van der Waals surface area contributed by atoms with Crippen molar-refractivity contribution in [1.29, 1.82) is 5.26 Å². The molecule has 92 valence electrons. The Labute approximate surface area is 109 Å². The van der Waals surface area contributed by atoms with Gasteiger partial charge in [-0.3, -0.25) is 0 Å². The predicted molar refractivity (Wildman–Crippen MR) is 68.5 cm³/mol. The molecule has 0 aliphatic rings. The van der Waals surface area contributed by atoms with Gasteiger partial charge in [0, 0.05) is 10.9 Å². The molecule has 0 radical (unpaired) electrons. The second-order valence-corrected chi connectivity index (χ2v) is 4.18. The maximum Gasteiger partial charge on any atom is 0.354 e. The molecule has 0 amide bonds. The van der Waals surface area contributed by atoms with Crippen molar-refractivity contribution < 1.29 is 9.53 Å². The molecule has 1 heterocycles. The van der Waals surface area contributed by atoms with E-state index in [4.69, 9.17) is 21.6 Å². The molecular formula is C13H11ClN2O2. The Morgan fingerprint density at radius 2 is 2.33 bits per heavy atom. The SMILES string of the molecule is CCOC(=O)c1cc2ccc(C(Cl)C#N)cc2[nH]1. The maximum atomic E-state index is 11.6. The van der Waals surface area contributed by atoms with Gasteiger partial charge in [-0.2, -0.15) is 5.26 Å². The number of carbonyl (C=O) groups excluding carboxylic acids is 1. The fourth-order valence-corrected chi connectivity index (χ4v) is 1.83. The van der Waals surface area contributed by atoms with Crippen molar-refractivity contribution in [2.24, 2.45) is 0 Å². The van der Waals surface area contributed by atoms with E-state index in [1.807, 2.05) is 12.1 Å². The number of nitriles is 1. The second kappa shape index (κ2) is 5.11. The summed E-state index contributed by atoms with van der Waals surface area (Å²) in [6.45, 7) is 2.08. The third-order valence-corrected chi connectivity index (χ3v) is 2.90. The summed E-state index contributed by atoms with van der Waals surface area (Å²) >= 11 is 5.84. The number of carbonyl (C=O) groups is 1. The first-order valence-electron chi connectivity index (χ1n) is 5.49. The van der Waals surface area contributed by atoms with Crippen molar-refractivity contribution in [2.45, 2.75) is 12.3 Å². The Balaban J connectivity index is 2.40. The number of esters is 1. The predicted octanol–water partition coefficient (Wildman–Crippen LogP) is 3.15. The zero-order valence-corrected chi connectivity index (χ0v) is 10.5. The molecule has 1 aromatic heterocycles. The Kier molecular flexibility index (Phi) is 3.54. The number of nitrogens with zero attached hydrogens (tertiary/aromatic N) is 1. The van der Waals surface area contributed by atoms with E-state index in [1.54, 1.807) is 25.1 Å².